The summed E-state index contributed by atoms with van der Waals surface area (Å²) in [4.78, 5) is 18.1. The maximum absolute atomic E-state index is 11.2. The number of carboxylic acids is 1. The van der Waals surface area contributed by atoms with Crippen LogP contribution in [0.5, 0.6) is 5.75 Å². The lowest BCUT2D eigenvalue weighted by molar-refractivity contribution is 0.0697. The molecule has 0 saturated carbocycles. The number of hydrogen-bond donors (Lipinski definition) is 1. The van der Waals surface area contributed by atoms with Crippen LogP contribution in [0.4, 0.5) is 11.4 Å². The third-order valence-corrected chi connectivity index (χ3v) is 5.78. The van der Waals surface area contributed by atoms with Crippen LogP contribution in [-0.2, 0) is 0 Å². The van der Waals surface area contributed by atoms with Crippen molar-refractivity contribution in [2.45, 2.75) is 45.6 Å². The molecule has 0 saturated heterocycles. The molecule has 1 heterocycles. The third kappa shape index (κ3) is 3.61. The zero-order valence-corrected chi connectivity index (χ0v) is 17.4. The first-order chi connectivity index (χ1) is 13.1. The van der Waals surface area contributed by atoms with Gasteiger partial charge in [-0.25, -0.2) is 4.79 Å². The van der Waals surface area contributed by atoms with Gasteiger partial charge in [-0.2, -0.15) is 0 Å². The normalized spacial score (nSPS) is 18.2. The van der Waals surface area contributed by atoms with Crippen molar-refractivity contribution in [1.82, 2.24) is 0 Å². The van der Waals surface area contributed by atoms with Crippen LogP contribution in [0, 0.1) is 6.92 Å². The molecule has 5 heteroatoms. The first kappa shape index (κ1) is 19.9. The van der Waals surface area contributed by atoms with E-state index < -0.39 is 5.97 Å². The Hall–Kier alpha value is -2.82. The summed E-state index contributed by atoms with van der Waals surface area (Å²) in [6.45, 7) is 8.68. The van der Waals surface area contributed by atoms with E-state index in [4.69, 9.17) is 4.74 Å². The Kier molecular flexibility index (Phi) is 5.20. The highest BCUT2D eigenvalue weighted by atomic mass is 16.5. The average Bonchev–Trinajstić information content (AvgIpc) is 2.64. The summed E-state index contributed by atoms with van der Waals surface area (Å²) in [5.74, 6) is 0.227. The largest absolute Gasteiger partial charge is 0.496 e. The number of carbonyl (C=O) groups is 1. The molecule has 1 aliphatic heterocycles. The molecule has 2 aromatic rings. The molecule has 1 unspecified atom stereocenters. The topological polar surface area (TPSA) is 62.1 Å². The lowest BCUT2D eigenvalue weighted by atomic mass is 9.80. The first-order valence-electron chi connectivity index (χ1n) is 9.48. The van der Waals surface area contributed by atoms with Crippen LogP contribution >= 0.6 is 0 Å². The van der Waals surface area contributed by atoms with Crippen LogP contribution in [0.1, 0.15) is 60.2 Å². The molecular formula is C23H28N2O3. The molecule has 0 radical (unpaired) electrons. The number of ether oxygens (including phenoxy) is 1. The molecule has 0 bridgehead atoms. The summed E-state index contributed by atoms with van der Waals surface area (Å²) in [6, 6.07) is 9.19. The number of anilines is 1. The van der Waals surface area contributed by atoms with Gasteiger partial charge in [0, 0.05) is 36.1 Å². The summed E-state index contributed by atoms with van der Waals surface area (Å²) in [6.07, 6.45) is 2.83. The molecular weight excluding hydrogens is 352 g/mol. The summed E-state index contributed by atoms with van der Waals surface area (Å²) >= 11 is 0. The third-order valence-electron chi connectivity index (χ3n) is 5.78. The number of aliphatic imine (C=N–C) groups is 1. The number of hydrogen-bond acceptors (Lipinski definition) is 4. The Morgan fingerprint density at radius 3 is 2.68 bits per heavy atom. The van der Waals surface area contributed by atoms with E-state index in [1.165, 1.54) is 11.3 Å². The van der Waals surface area contributed by atoms with Crippen molar-refractivity contribution < 1.29 is 14.6 Å². The van der Waals surface area contributed by atoms with Crippen molar-refractivity contribution in [3.63, 3.8) is 0 Å². The number of nitrogens with zero attached hydrogens (tertiary/aromatic N) is 2. The molecule has 2 aromatic carbocycles. The van der Waals surface area contributed by atoms with Gasteiger partial charge in [-0.3, -0.25) is 4.99 Å². The van der Waals surface area contributed by atoms with Crippen molar-refractivity contribution >= 4 is 23.6 Å². The number of aromatic carboxylic acids is 1. The van der Waals surface area contributed by atoms with Crippen molar-refractivity contribution in [2.75, 3.05) is 19.1 Å². The predicted molar refractivity (Wildman–Crippen MR) is 114 cm³/mol. The van der Waals surface area contributed by atoms with Gasteiger partial charge in [0.2, 0.25) is 0 Å². The zero-order chi connectivity index (χ0) is 20.6. The Balaban J connectivity index is 2.04. The van der Waals surface area contributed by atoms with Gasteiger partial charge < -0.3 is 14.7 Å². The van der Waals surface area contributed by atoms with Gasteiger partial charge in [0.05, 0.1) is 18.4 Å². The fourth-order valence-corrected chi connectivity index (χ4v) is 3.91. The minimum atomic E-state index is -0.956. The minimum Gasteiger partial charge on any atom is -0.496 e. The van der Waals surface area contributed by atoms with E-state index in [-0.39, 0.29) is 11.1 Å². The predicted octanol–water partition coefficient (Wildman–Crippen LogP) is 5.17. The first-order valence-corrected chi connectivity index (χ1v) is 9.48. The summed E-state index contributed by atoms with van der Waals surface area (Å²) in [7, 11) is 3.78. The number of fused-ring (bicyclic) bond motifs is 1. The smallest absolute Gasteiger partial charge is 0.335 e. The van der Waals surface area contributed by atoms with Gasteiger partial charge in [-0.1, -0.05) is 13.0 Å². The molecule has 3 rings (SSSR count). The van der Waals surface area contributed by atoms with E-state index in [0.29, 0.717) is 11.6 Å². The van der Waals surface area contributed by atoms with Gasteiger partial charge in [0.25, 0.3) is 0 Å². The van der Waals surface area contributed by atoms with Crippen LogP contribution in [0.25, 0.3) is 0 Å². The molecule has 148 valence electrons. The zero-order valence-electron chi connectivity index (χ0n) is 17.4. The summed E-state index contributed by atoms with van der Waals surface area (Å²) < 4.78 is 5.63. The van der Waals surface area contributed by atoms with E-state index in [2.05, 4.69) is 49.8 Å². The highest BCUT2D eigenvalue weighted by Gasteiger charge is 2.34. The lowest BCUT2D eigenvalue weighted by Gasteiger charge is -2.45. The van der Waals surface area contributed by atoms with E-state index in [1.54, 1.807) is 31.5 Å². The maximum atomic E-state index is 11.2. The fourth-order valence-electron chi connectivity index (χ4n) is 3.91. The Labute approximate surface area is 166 Å². The van der Waals surface area contributed by atoms with Gasteiger partial charge in [0.1, 0.15) is 5.75 Å². The molecule has 5 nitrogen and oxygen atoms in total. The summed E-state index contributed by atoms with van der Waals surface area (Å²) in [5, 5.41) is 9.22. The van der Waals surface area contributed by atoms with Gasteiger partial charge in [-0.05, 0) is 62.4 Å². The molecule has 0 amide bonds. The van der Waals surface area contributed by atoms with Crippen molar-refractivity contribution in [3.05, 3.63) is 52.6 Å². The fraction of sp³-hybridized carbons (Fsp3) is 0.391. The van der Waals surface area contributed by atoms with E-state index in [1.807, 2.05) is 6.92 Å². The van der Waals surface area contributed by atoms with Crippen molar-refractivity contribution in [1.29, 1.82) is 0 Å². The van der Waals surface area contributed by atoms with E-state index >= 15 is 0 Å². The Morgan fingerprint density at radius 1 is 1.32 bits per heavy atom. The highest BCUT2D eigenvalue weighted by Crippen LogP contribution is 2.44. The number of aryl methyl sites for hydroxylation is 1. The highest BCUT2D eigenvalue weighted by molar-refractivity contribution is 5.91. The monoisotopic (exact) mass is 380 g/mol. The lowest BCUT2D eigenvalue weighted by Crippen LogP contribution is -2.45. The quantitative estimate of drug-likeness (QED) is 0.743. The Morgan fingerprint density at radius 2 is 2.04 bits per heavy atom. The average molecular weight is 380 g/mol. The van der Waals surface area contributed by atoms with Crippen molar-refractivity contribution in [2.24, 2.45) is 4.99 Å². The van der Waals surface area contributed by atoms with Crippen LogP contribution in [0.15, 0.2) is 35.3 Å². The molecule has 0 aromatic heterocycles. The molecule has 0 spiro atoms. The van der Waals surface area contributed by atoms with Gasteiger partial charge in [0.15, 0.2) is 0 Å². The van der Waals surface area contributed by atoms with E-state index in [9.17, 15) is 9.90 Å². The molecule has 0 aliphatic carbocycles. The minimum absolute atomic E-state index is 0.0847. The number of methoxy groups -OCH3 is 1. The number of rotatable bonds is 4. The molecule has 0 fully saturated rings. The standard InChI is InChI=1S/C23H28N2O3/c1-14-7-8-16(22(26)27)10-19(14)24-13-17-9-18-15(2)12-23(3,4)25(5)20(18)11-21(17)28-6/h7-11,13,15H,12H2,1-6H3,(H,26,27). The molecule has 1 atom stereocenters. The van der Waals surface area contributed by atoms with Crippen molar-refractivity contribution in [3.8, 4) is 5.75 Å². The van der Waals surface area contributed by atoms with Crippen LogP contribution < -0.4 is 9.64 Å². The van der Waals surface area contributed by atoms with E-state index in [0.717, 1.165) is 23.3 Å². The SMILES string of the molecule is COc1cc2c(cc1C=Nc1cc(C(=O)O)ccc1C)C(C)CC(C)(C)N2C. The second-order valence-electron chi connectivity index (χ2n) is 8.19. The number of benzene rings is 2. The summed E-state index contributed by atoms with van der Waals surface area (Å²) in [5.41, 5.74) is 5.23. The maximum Gasteiger partial charge on any atom is 0.335 e. The van der Waals surface area contributed by atoms with Gasteiger partial charge >= 0.3 is 5.97 Å². The van der Waals surface area contributed by atoms with Gasteiger partial charge in [-0.15, -0.1) is 0 Å². The van der Waals surface area contributed by atoms with Crippen LogP contribution in [0.3, 0.4) is 0 Å². The van der Waals surface area contributed by atoms with Crippen LogP contribution in [-0.4, -0.2) is 37.0 Å². The molecule has 1 aliphatic rings. The second kappa shape index (κ2) is 7.30. The Bertz CT molecular complexity index is 947. The molecule has 28 heavy (non-hydrogen) atoms. The molecule has 1 N–H and O–H groups in total. The number of carboxylic acid groups (broad SMARTS) is 1. The second-order valence-corrected chi connectivity index (χ2v) is 8.19. The van der Waals surface area contributed by atoms with Crippen LogP contribution in [0.2, 0.25) is 0 Å².